The van der Waals surface area contributed by atoms with Gasteiger partial charge >= 0.3 is 0 Å². The van der Waals surface area contributed by atoms with Crippen molar-refractivity contribution in [3.8, 4) is 17.2 Å². The monoisotopic (exact) mass is 531 g/mol. The summed E-state index contributed by atoms with van der Waals surface area (Å²) >= 11 is 7.06. The SMILES string of the molecule is CCOc1ccc(N=Cc2cc(Br)c(OCc3ccc(Br)cc3)c(OCC)c2)cc1. The van der Waals surface area contributed by atoms with E-state index in [1.807, 2.05) is 80.7 Å². The fourth-order valence-corrected chi connectivity index (χ4v) is 3.58. The number of nitrogens with zero attached hydrogens (tertiary/aromatic N) is 1. The van der Waals surface area contributed by atoms with E-state index < -0.39 is 0 Å². The lowest BCUT2D eigenvalue weighted by atomic mass is 10.2. The lowest BCUT2D eigenvalue weighted by Crippen LogP contribution is -2.01. The number of ether oxygens (including phenoxy) is 3. The van der Waals surface area contributed by atoms with Gasteiger partial charge in [-0.2, -0.15) is 0 Å². The van der Waals surface area contributed by atoms with Crippen LogP contribution in [-0.4, -0.2) is 19.4 Å². The summed E-state index contributed by atoms with van der Waals surface area (Å²) in [5.74, 6) is 2.19. The number of rotatable bonds is 9. The number of hydrogen-bond donors (Lipinski definition) is 0. The Bertz CT molecular complexity index is 987. The highest BCUT2D eigenvalue weighted by molar-refractivity contribution is 9.10. The summed E-state index contributed by atoms with van der Waals surface area (Å²) in [6.45, 7) is 5.55. The van der Waals surface area contributed by atoms with Crippen LogP contribution in [0.25, 0.3) is 0 Å². The van der Waals surface area contributed by atoms with Gasteiger partial charge in [0.2, 0.25) is 0 Å². The van der Waals surface area contributed by atoms with E-state index in [0.29, 0.717) is 31.3 Å². The first-order valence-electron chi connectivity index (χ1n) is 9.69. The van der Waals surface area contributed by atoms with Gasteiger partial charge in [-0.05, 0) is 89.4 Å². The highest BCUT2D eigenvalue weighted by atomic mass is 79.9. The summed E-state index contributed by atoms with van der Waals surface area (Å²) < 4.78 is 19.2. The molecule has 0 aliphatic rings. The molecular weight excluding hydrogens is 510 g/mol. The second-order valence-corrected chi connectivity index (χ2v) is 8.13. The Morgan fingerprint density at radius 1 is 0.833 bits per heavy atom. The van der Waals surface area contributed by atoms with Crippen LogP contribution in [0.3, 0.4) is 0 Å². The zero-order valence-corrected chi connectivity index (χ0v) is 20.1. The maximum absolute atomic E-state index is 6.05. The van der Waals surface area contributed by atoms with E-state index in [1.54, 1.807) is 0 Å². The normalized spacial score (nSPS) is 10.9. The van der Waals surface area contributed by atoms with Gasteiger partial charge < -0.3 is 14.2 Å². The average Bonchev–Trinajstić information content (AvgIpc) is 2.74. The molecule has 0 saturated heterocycles. The number of halogens is 2. The molecule has 0 atom stereocenters. The molecule has 4 nitrogen and oxygen atoms in total. The van der Waals surface area contributed by atoms with Crippen molar-refractivity contribution in [2.45, 2.75) is 20.5 Å². The third-order valence-electron chi connectivity index (χ3n) is 4.14. The van der Waals surface area contributed by atoms with Gasteiger partial charge in [-0.1, -0.05) is 28.1 Å². The van der Waals surface area contributed by atoms with E-state index in [1.165, 1.54) is 0 Å². The quantitative estimate of drug-likeness (QED) is 0.271. The summed E-state index contributed by atoms with van der Waals surface area (Å²) in [4.78, 5) is 4.55. The zero-order valence-electron chi connectivity index (χ0n) is 16.9. The molecule has 0 N–H and O–H groups in total. The van der Waals surface area contributed by atoms with Crippen molar-refractivity contribution in [1.29, 1.82) is 0 Å². The predicted octanol–water partition coefficient (Wildman–Crippen LogP) is 7.34. The number of benzene rings is 3. The van der Waals surface area contributed by atoms with E-state index in [4.69, 9.17) is 14.2 Å². The van der Waals surface area contributed by atoms with E-state index in [0.717, 1.165) is 31.5 Å². The molecule has 0 fully saturated rings. The van der Waals surface area contributed by atoms with Crippen molar-refractivity contribution in [2.24, 2.45) is 4.99 Å². The van der Waals surface area contributed by atoms with Crippen molar-refractivity contribution >= 4 is 43.8 Å². The number of aliphatic imine (C=N–C) groups is 1. The van der Waals surface area contributed by atoms with Gasteiger partial charge in [-0.3, -0.25) is 4.99 Å². The largest absolute Gasteiger partial charge is 0.494 e. The van der Waals surface area contributed by atoms with E-state index in [2.05, 4.69) is 36.9 Å². The van der Waals surface area contributed by atoms with Crippen molar-refractivity contribution in [3.05, 3.63) is 80.7 Å². The Morgan fingerprint density at radius 3 is 2.20 bits per heavy atom. The zero-order chi connectivity index (χ0) is 21.3. The van der Waals surface area contributed by atoms with E-state index in [-0.39, 0.29) is 0 Å². The first kappa shape index (κ1) is 22.4. The van der Waals surface area contributed by atoms with Gasteiger partial charge in [0.25, 0.3) is 0 Å². The third kappa shape index (κ3) is 6.34. The highest BCUT2D eigenvalue weighted by Crippen LogP contribution is 2.37. The van der Waals surface area contributed by atoms with Crippen LogP contribution < -0.4 is 14.2 Å². The van der Waals surface area contributed by atoms with Gasteiger partial charge in [0, 0.05) is 10.7 Å². The maximum Gasteiger partial charge on any atom is 0.175 e. The van der Waals surface area contributed by atoms with Crippen molar-refractivity contribution < 1.29 is 14.2 Å². The van der Waals surface area contributed by atoms with Crippen LogP contribution in [0.1, 0.15) is 25.0 Å². The minimum absolute atomic E-state index is 0.450. The van der Waals surface area contributed by atoms with Crippen LogP contribution in [0.15, 0.2) is 74.6 Å². The van der Waals surface area contributed by atoms with Crippen molar-refractivity contribution in [2.75, 3.05) is 13.2 Å². The van der Waals surface area contributed by atoms with Crippen LogP contribution in [0, 0.1) is 0 Å². The molecule has 3 aromatic rings. The van der Waals surface area contributed by atoms with Gasteiger partial charge in [-0.25, -0.2) is 0 Å². The smallest absolute Gasteiger partial charge is 0.175 e. The summed E-state index contributed by atoms with van der Waals surface area (Å²) in [7, 11) is 0. The Labute approximate surface area is 194 Å². The van der Waals surface area contributed by atoms with Crippen molar-refractivity contribution in [1.82, 2.24) is 0 Å². The molecule has 3 rings (SSSR count). The van der Waals surface area contributed by atoms with Gasteiger partial charge in [0.05, 0.1) is 23.4 Å². The fourth-order valence-electron chi connectivity index (χ4n) is 2.75. The van der Waals surface area contributed by atoms with E-state index >= 15 is 0 Å². The molecule has 0 aliphatic carbocycles. The second kappa shape index (κ2) is 11.2. The summed E-state index contributed by atoms with van der Waals surface area (Å²) in [6.07, 6.45) is 1.81. The van der Waals surface area contributed by atoms with Crippen LogP contribution in [0.5, 0.6) is 17.2 Å². The molecule has 0 heterocycles. The first-order valence-corrected chi connectivity index (χ1v) is 11.3. The highest BCUT2D eigenvalue weighted by Gasteiger charge is 2.12. The molecular formula is C24H23Br2NO3. The topological polar surface area (TPSA) is 40.0 Å². The molecule has 6 heteroatoms. The van der Waals surface area contributed by atoms with Gasteiger partial charge in [0.1, 0.15) is 12.4 Å². The lowest BCUT2D eigenvalue weighted by molar-refractivity contribution is 0.267. The lowest BCUT2D eigenvalue weighted by Gasteiger charge is -2.15. The van der Waals surface area contributed by atoms with Crippen LogP contribution in [0.2, 0.25) is 0 Å². The Kier molecular flexibility index (Phi) is 8.34. The van der Waals surface area contributed by atoms with Crippen molar-refractivity contribution in [3.63, 3.8) is 0 Å². The predicted molar refractivity (Wildman–Crippen MR) is 129 cm³/mol. The molecule has 0 saturated carbocycles. The van der Waals surface area contributed by atoms with E-state index in [9.17, 15) is 0 Å². The first-order chi connectivity index (χ1) is 14.6. The molecule has 156 valence electrons. The minimum atomic E-state index is 0.450. The molecule has 0 radical (unpaired) electrons. The molecule has 0 unspecified atom stereocenters. The fraction of sp³-hybridized carbons (Fsp3) is 0.208. The molecule has 3 aromatic carbocycles. The maximum atomic E-state index is 6.05. The Hall–Kier alpha value is -2.31. The Morgan fingerprint density at radius 2 is 1.53 bits per heavy atom. The standard InChI is InChI=1S/C24H23Br2NO3/c1-3-28-21-11-9-20(10-12-21)27-15-18-13-22(26)24(23(14-18)29-4-2)30-16-17-5-7-19(25)8-6-17/h5-15H,3-4,16H2,1-2H3. The molecule has 30 heavy (non-hydrogen) atoms. The summed E-state index contributed by atoms with van der Waals surface area (Å²) in [5, 5.41) is 0. The molecule has 0 amide bonds. The second-order valence-electron chi connectivity index (χ2n) is 6.36. The van der Waals surface area contributed by atoms with Crippen LogP contribution in [0.4, 0.5) is 5.69 Å². The Balaban J connectivity index is 1.76. The van der Waals surface area contributed by atoms with Crippen LogP contribution in [-0.2, 0) is 6.61 Å². The van der Waals surface area contributed by atoms with Gasteiger partial charge in [-0.15, -0.1) is 0 Å². The average molecular weight is 533 g/mol. The number of hydrogen-bond acceptors (Lipinski definition) is 4. The molecule has 0 spiro atoms. The minimum Gasteiger partial charge on any atom is -0.494 e. The van der Waals surface area contributed by atoms with Crippen LogP contribution >= 0.6 is 31.9 Å². The molecule has 0 aliphatic heterocycles. The third-order valence-corrected chi connectivity index (χ3v) is 5.26. The molecule has 0 bridgehead atoms. The summed E-state index contributed by atoms with van der Waals surface area (Å²) in [5.41, 5.74) is 2.84. The molecule has 0 aromatic heterocycles. The summed E-state index contributed by atoms with van der Waals surface area (Å²) in [6, 6.07) is 19.6. The van der Waals surface area contributed by atoms with Gasteiger partial charge in [0.15, 0.2) is 11.5 Å².